The first-order valence-electron chi connectivity index (χ1n) is 7.33. The Hall–Kier alpha value is -1.55. The highest BCUT2D eigenvalue weighted by molar-refractivity contribution is 5.77. The van der Waals surface area contributed by atoms with Crippen molar-refractivity contribution in [3.8, 4) is 5.75 Å². The summed E-state index contributed by atoms with van der Waals surface area (Å²) in [5.41, 5.74) is 1.26. The predicted molar refractivity (Wildman–Crippen MR) is 79.9 cm³/mol. The number of ether oxygens (including phenoxy) is 1. The molecule has 1 aromatic carbocycles. The van der Waals surface area contributed by atoms with Gasteiger partial charge in [-0.3, -0.25) is 4.79 Å². The second kappa shape index (κ2) is 7.29. The van der Waals surface area contributed by atoms with E-state index in [2.05, 4.69) is 17.6 Å². The van der Waals surface area contributed by atoms with Crippen molar-refractivity contribution in [3.63, 3.8) is 0 Å². The van der Waals surface area contributed by atoms with E-state index in [4.69, 9.17) is 4.74 Å². The van der Waals surface area contributed by atoms with E-state index in [0.717, 1.165) is 18.7 Å². The predicted octanol–water partition coefficient (Wildman–Crippen LogP) is 1.74. The van der Waals surface area contributed by atoms with E-state index >= 15 is 0 Å². The Bertz CT molecular complexity index is 427. The second-order valence-corrected chi connectivity index (χ2v) is 5.57. The van der Waals surface area contributed by atoms with Crippen molar-refractivity contribution < 1.29 is 9.53 Å². The van der Waals surface area contributed by atoms with Gasteiger partial charge >= 0.3 is 0 Å². The van der Waals surface area contributed by atoms with Crippen LogP contribution < -0.4 is 15.4 Å². The van der Waals surface area contributed by atoms with Gasteiger partial charge in [0.25, 0.3) is 5.91 Å². The summed E-state index contributed by atoms with van der Waals surface area (Å²) in [5.74, 6) is 1.41. The minimum absolute atomic E-state index is 0.0372. The molecule has 0 aliphatic heterocycles. The van der Waals surface area contributed by atoms with Crippen LogP contribution in [0.25, 0.3) is 0 Å². The van der Waals surface area contributed by atoms with Crippen LogP contribution in [0.2, 0.25) is 0 Å². The summed E-state index contributed by atoms with van der Waals surface area (Å²) < 4.78 is 5.48. The number of carbonyl (C=O) groups is 1. The summed E-state index contributed by atoms with van der Waals surface area (Å²) in [5, 5.41) is 6.10. The molecule has 1 fully saturated rings. The number of rotatable bonds is 8. The molecule has 1 aliphatic carbocycles. The van der Waals surface area contributed by atoms with Crippen LogP contribution in [0.15, 0.2) is 24.3 Å². The van der Waals surface area contributed by atoms with Crippen LogP contribution in [0, 0.1) is 5.92 Å². The van der Waals surface area contributed by atoms with Gasteiger partial charge in [-0.15, -0.1) is 0 Å². The van der Waals surface area contributed by atoms with Crippen LogP contribution in [-0.4, -0.2) is 32.1 Å². The Morgan fingerprint density at radius 3 is 2.65 bits per heavy atom. The zero-order chi connectivity index (χ0) is 14.4. The molecular formula is C16H24N2O2. The van der Waals surface area contributed by atoms with Crippen LogP contribution in [0.4, 0.5) is 0 Å². The Morgan fingerprint density at radius 2 is 2.05 bits per heavy atom. The van der Waals surface area contributed by atoms with Crippen LogP contribution in [0.5, 0.6) is 5.75 Å². The molecule has 0 heterocycles. The quantitative estimate of drug-likeness (QED) is 0.760. The van der Waals surface area contributed by atoms with Crippen LogP contribution >= 0.6 is 0 Å². The number of benzene rings is 1. The van der Waals surface area contributed by atoms with Gasteiger partial charge in [0.15, 0.2) is 6.61 Å². The molecule has 0 aromatic heterocycles. The second-order valence-electron chi connectivity index (χ2n) is 5.57. The van der Waals surface area contributed by atoms with Crippen molar-refractivity contribution in [2.45, 2.75) is 32.2 Å². The Labute approximate surface area is 120 Å². The normalized spacial score (nSPS) is 15.7. The van der Waals surface area contributed by atoms with Crippen LogP contribution in [0.3, 0.4) is 0 Å². The van der Waals surface area contributed by atoms with Crippen LogP contribution in [0.1, 0.15) is 25.3 Å². The third-order valence-electron chi connectivity index (χ3n) is 3.61. The first-order chi connectivity index (χ1) is 9.67. The van der Waals surface area contributed by atoms with E-state index < -0.39 is 0 Å². The first kappa shape index (κ1) is 14.9. The Morgan fingerprint density at radius 1 is 1.35 bits per heavy atom. The highest BCUT2D eigenvalue weighted by Gasteiger charge is 2.21. The molecule has 0 radical (unpaired) electrons. The van der Waals surface area contributed by atoms with Crippen molar-refractivity contribution in [1.29, 1.82) is 0 Å². The number of carbonyl (C=O) groups excluding carboxylic acids is 1. The molecular weight excluding hydrogens is 252 g/mol. The minimum atomic E-state index is -0.0372. The van der Waals surface area contributed by atoms with Crippen molar-refractivity contribution >= 4 is 5.91 Å². The van der Waals surface area contributed by atoms with E-state index in [1.807, 2.05) is 31.3 Å². The third-order valence-corrected chi connectivity index (χ3v) is 3.61. The summed E-state index contributed by atoms with van der Waals surface area (Å²) in [6.45, 7) is 3.04. The molecule has 4 nitrogen and oxygen atoms in total. The SMILES string of the molecule is CNC(C)Cc1ccc(OCC(=O)NCC2CC2)cc1. The summed E-state index contributed by atoms with van der Waals surface area (Å²) >= 11 is 0. The fraction of sp³-hybridized carbons (Fsp3) is 0.562. The largest absolute Gasteiger partial charge is 0.484 e. The molecule has 20 heavy (non-hydrogen) atoms. The number of nitrogens with one attached hydrogen (secondary N) is 2. The fourth-order valence-electron chi connectivity index (χ4n) is 1.96. The van der Waals surface area contributed by atoms with Crippen molar-refractivity contribution in [1.82, 2.24) is 10.6 Å². The molecule has 4 heteroatoms. The highest BCUT2D eigenvalue weighted by atomic mass is 16.5. The molecule has 110 valence electrons. The summed E-state index contributed by atoms with van der Waals surface area (Å²) in [7, 11) is 1.96. The van der Waals surface area contributed by atoms with E-state index in [0.29, 0.717) is 12.0 Å². The van der Waals surface area contributed by atoms with Crippen molar-refractivity contribution in [2.75, 3.05) is 20.2 Å². The van der Waals surface area contributed by atoms with Gasteiger partial charge in [0.1, 0.15) is 5.75 Å². The maximum absolute atomic E-state index is 11.6. The van der Waals surface area contributed by atoms with Crippen molar-refractivity contribution in [2.24, 2.45) is 5.92 Å². The lowest BCUT2D eigenvalue weighted by Gasteiger charge is -2.11. The lowest BCUT2D eigenvalue weighted by Crippen LogP contribution is -2.30. The molecule has 1 aromatic rings. The van der Waals surface area contributed by atoms with E-state index in [1.165, 1.54) is 18.4 Å². The maximum Gasteiger partial charge on any atom is 0.257 e. The molecule has 0 saturated heterocycles. The summed E-state index contributed by atoms with van der Waals surface area (Å²) in [6.07, 6.45) is 3.47. The third kappa shape index (κ3) is 5.21. The average Bonchev–Trinajstić information content (AvgIpc) is 3.28. The highest BCUT2D eigenvalue weighted by Crippen LogP contribution is 2.27. The van der Waals surface area contributed by atoms with Gasteiger partial charge in [-0.25, -0.2) is 0 Å². The van der Waals surface area contributed by atoms with Crippen molar-refractivity contribution in [3.05, 3.63) is 29.8 Å². The smallest absolute Gasteiger partial charge is 0.257 e. The van der Waals surface area contributed by atoms with Gasteiger partial charge in [-0.05, 0) is 56.8 Å². The molecule has 1 atom stereocenters. The maximum atomic E-state index is 11.6. The van der Waals surface area contributed by atoms with E-state index in [1.54, 1.807) is 0 Å². The molecule has 1 saturated carbocycles. The molecule has 0 bridgehead atoms. The zero-order valence-electron chi connectivity index (χ0n) is 12.3. The van der Waals surface area contributed by atoms with Gasteiger partial charge < -0.3 is 15.4 Å². The average molecular weight is 276 g/mol. The van der Waals surface area contributed by atoms with Gasteiger partial charge in [0.2, 0.25) is 0 Å². The molecule has 1 amide bonds. The zero-order valence-corrected chi connectivity index (χ0v) is 12.3. The lowest BCUT2D eigenvalue weighted by molar-refractivity contribution is -0.123. The minimum Gasteiger partial charge on any atom is -0.484 e. The molecule has 1 aliphatic rings. The fourth-order valence-corrected chi connectivity index (χ4v) is 1.96. The molecule has 0 spiro atoms. The van der Waals surface area contributed by atoms with E-state index in [-0.39, 0.29) is 12.5 Å². The standard InChI is InChI=1S/C16H24N2O2/c1-12(17-2)9-13-5-7-15(8-6-13)20-11-16(19)18-10-14-3-4-14/h5-8,12,14,17H,3-4,9-11H2,1-2H3,(H,18,19). The van der Waals surface area contributed by atoms with Gasteiger partial charge in [0, 0.05) is 12.6 Å². The topological polar surface area (TPSA) is 50.4 Å². The molecule has 2 rings (SSSR count). The van der Waals surface area contributed by atoms with Gasteiger partial charge in [0.05, 0.1) is 0 Å². The number of hydrogen-bond donors (Lipinski definition) is 2. The van der Waals surface area contributed by atoms with Gasteiger partial charge in [-0.1, -0.05) is 12.1 Å². The van der Waals surface area contributed by atoms with Crippen LogP contribution in [-0.2, 0) is 11.2 Å². The number of amides is 1. The molecule has 2 N–H and O–H groups in total. The summed E-state index contributed by atoms with van der Waals surface area (Å²) in [4.78, 5) is 11.6. The number of hydrogen-bond acceptors (Lipinski definition) is 3. The Kier molecular flexibility index (Phi) is 5.41. The number of likely N-dealkylation sites (N-methyl/N-ethyl adjacent to an activating group) is 1. The van der Waals surface area contributed by atoms with Gasteiger partial charge in [-0.2, -0.15) is 0 Å². The molecule has 1 unspecified atom stereocenters. The Balaban J connectivity index is 1.70. The van der Waals surface area contributed by atoms with E-state index in [9.17, 15) is 4.79 Å². The first-order valence-corrected chi connectivity index (χ1v) is 7.33. The monoisotopic (exact) mass is 276 g/mol. The lowest BCUT2D eigenvalue weighted by atomic mass is 10.1. The summed E-state index contributed by atoms with van der Waals surface area (Å²) in [6, 6.07) is 8.39.